The van der Waals surface area contributed by atoms with Gasteiger partial charge in [-0.15, -0.1) is 6.58 Å². The number of hydrogen-bond donors (Lipinski definition) is 2. The van der Waals surface area contributed by atoms with Gasteiger partial charge in [0, 0.05) is 5.54 Å². The first-order valence-electron chi connectivity index (χ1n) is 6.11. The third-order valence-electron chi connectivity index (χ3n) is 2.81. The molecule has 0 bridgehead atoms. The van der Waals surface area contributed by atoms with E-state index in [1.807, 2.05) is 6.92 Å². The van der Waals surface area contributed by atoms with Crippen LogP contribution in [-0.4, -0.2) is 35.2 Å². The monoisotopic (exact) mass is 257 g/mol. The molecule has 0 saturated heterocycles. The first-order valence-corrected chi connectivity index (χ1v) is 6.11. The van der Waals surface area contributed by atoms with E-state index in [9.17, 15) is 9.59 Å². The Balaban J connectivity index is 4.32. The normalized spacial score (nSPS) is 15.5. The van der Waals surface area contributed by atoms with Crippen molar-refractivity contribution in [3.63, 3.8) is 0 Å². The van der Waals surface area contributed by atoms with Crippen molar-refractivity contribution in [1.29, 1.82) is 0 Å². The highest BCUT2D eigenvalue weighted by molar-refractivity contribution is 5.82. The molecule has 0 unspecified atom stereocenters. The summed E-state index contributed by atoms with van der Waals surface area (Å²) in [7, 11) is 0. The molecule has 5 nitrogen and oxygen atoms in total. The molecular weight excluding hydrogens is 234 g/mol. The Labute approximate surface area is 108 Å². The third-order valence-corrected chi connectivity index (χ3v) is 2.81. The fourth-order valence-electron chi connectivity index (χ4n) is 1.39. The molecule has 0 aromatic heterocycles. The SMILES string of the molecule is C=CCCO[C@@H](C)C(=O)N[C@](C)(CC)CC(=O)O. The van der Waals surface area contributed by atoms with Crippen molar-refractivity contribution in [3.8, 4) is 0 Å². The van der Waals surface area contributed by atoms with Gasteiger partial charge in [0.05, 0.1) is 13.0 Å². The van der Waals surface area contributed by atoms with Crippen LogP contribution in [0.15, 0.2) is 12.7 Å². The minimum Gasteiger partial charge on any atom is -0.481 e. The van der Waals surface area contributed by atoms with E-state index in [4.69, 9.17) is 9.84 Å². The van der Waals surface area contributed by atoms with Gasteiger partial charge < -0.3 is 15.2 Å². The number of carbonyl (C=O) groups excluding carboxylic acids is 1. The van der Waals surface area contributed by atoms with Gasteiger partial charge in [-0.3, -0.25) is 9.59 Å². The molecule has 0 aliphatic carbocycles. The number of amides is 1. The van der Waals surface area contributed by atoms with Crippen molar-refractivity contribution >= 4 is 11.9 Å². The van der Waals surface area contributed by atoms with Crippen molar-refractivity contribution in [2.24, 2.45) is 0 Å². The zero-order valence-corrected chi connectivity index (χ0v) is 11.4. The van der Waals surface area contributed by atoms with Crippen LogP contribution in [0.2, 0.25) is 0 Å². The van der Waals surface area contributed by atoms with Gasteiger partial charge in [-0.05, 0) is 26.7 Å². The van der Waals surface area contributed by atoms with Crippen LogP contribution in [0, 0.1) is 0 Å². The van der Waals surface area contributed by atoms with Gasteiger partial charge in [0.2, 0.25) is 5.91 Å². The van der Waals surface area contributed by atoms with E-state index in [0.29, 0.717) is 19.4 Å². The minimum absolute atomic E-state index is 0.103. The quantitative estimate of drug-likeness (QED) is 0.487. The molecule has 2 N–H and O–H groups in total. The Morgan fingerprint density at radius 2 is 2.17 bits per heavy atom. The van der Waals surface area contributed by atoms with Crippen molar-refractivity contribution in [1.82, 2.24) is 5.32 Å². The van der Waals surface area contributed by atoms with Crippen LogP contribution in [0.4, 0.5) is 0 Å². The zero-order chi connectivity index (χ0) is 14.2. The summed E-state index contributed by atoms with van der Waals surface area (Å²) in [5.74, 6) is -1.22. The Bertz CT molecular complexity index is 303. The highest BCUT2D eigenvalue weighted by atomic mass is 16.5. The van der Waals surface area contributed by atoms with E-state index in [0.717, 1.165) is 0 Å². The molecule has 0 rings (SSSR count). The van der Waals surface area contributed by atoms with Crippen molar-refractivity contribution in [2.75, 3.05) is 6.61 Å². The first kappa shape index (κ1) is 16.6. The summed E-state index contributed by atoms with van der Waals surface area (Å²) in [5, 5.41) is 11.5. The molecule has 18 heavy (non-hydrogen) atoms. The summed E-state index contributed by atoms with van der Waals surface area (Å²) in [6.45, 7) is 9.20. The summed E-state index contributed by atoms with van der Waals surface area (Å²) < 4.78 is 5.31. The molecule has 0 heterocycles. The summed E-state index contributed by atoms with van der Waals surface area (Å²) in [5.41, 5.74) is -0.737. The Kier molecular flexibility index (Phi) is 7.27. The van der Waals surface area contributed by atoms with E-state index >= 15 is 0 Å². The molecule has 0 spiro atoms. The van der Waals surface area contributed by atoms with Crippen LogP contribution < -0.4 is 5.32 Å². The van der Waals surface area contributed by atoms with E-state index in [1.54, 1.807) is 19.9 Å². The Morgan fingerprint density at radius 3 is 2.61 bits per heavy atom. The number of nitrogens with one attached hydrogen (secondary N) is 1. The third kappa shape index (κ3) is 6.39. The van der Waals surface area contributed by atoms with Crippen LogP contribution in [-0.2, 0) is 14.3 Å². The number of ether oxygens (including phenoxy) is 1. The molecule has 2 atom stereocenters. The molecule has 1 amide bonds. The maximum absolute atomic E-state index is 11.8. The van der Waals surface area contributed by atoms with Gasteiger partial charge in [0.25, 0.3) is 0 Å². The molecule has 5 heteroatoms. The lowest BCUT2D eigenvalue weighted by Crippen LogP contribution is -2.50. The van der Waals surface area contributed by atoms with E-state index in [-0.39, 0.29) is 12.3 Å². The second-order valence-corrected chi connectivity index (χ2v) is 4.56. The van der Waals surface area contributed by atoms with Crippen LogP contribution in [0.1, 0.15) is 40.0 Å². The number of hydrogen-bond acceptors (Lipinski definition) is 3. The van der Waals surface area contributed by atoms with Crippen molar-refractivity contribution < 1.29 is 19.4 Å². The number of carbonyl (C=O) groups is 2. The lowest BCUT2D eigenvalue weighted by molar-refractivity contribution is -0.140. The van der Waals surface area contributed by atoms with Crippen LogP contribution in [0.25, 0.3) is 0 Å². The number of rotatable bonds is 9. The fraction of sp³-hybridized carbons (Fsp3) is 0.692. The smallest absolute Gasteiger partial charge is 0.305 e. The summed E-state index contributed by atoms with van der Waals surface area (Å²) >= 11 is 0. The molecule has 0 aliphatic heterocycles. The van der Waals surface area contributed by atoms with Gasteiger partial charge >= 0.3 is 5.97 Å². The standard InChI is InChI=1S/C13H23NO4/c1-5-7-8-18-10(3)12(17)14-13(4,6-2)9-11(15)16/h5,10H,1,6-9H2,2-4H3,(H,14,17)(H,15,16)/t10-,13+/m0/s1. The number of carboxylic acid groups (broad SMARTS) is 1. The van der Waals surface area contributed by atoms with Gasteiger partial charge in [0.1, 0.15) is 6.10 Å². The predicted octanol–water partition coefficient (Wildman–Crippen LogP) is 1.73. The largest absolute Gasteiger partial charge is 0.481 e. The van der Waals surface area contributed by atoms with Gasteiger partial charge in [-0.1, -0.05) is 13.0 Å². The van der Waals surface area contributed by atoms with Crippen molar-refractivity contribution in [2.45, 2.75) is 51.7 Å². The average Bonchev–Trinajstić information content (AvgIpc) is 2.28. The molecule has 0 aliphatic rings. The van der Waals surface area contributed by atoms with Crippen molar-refractivity contribution in [3.05, 3.63) is 12.7 Å². The second kappa shape index (κ2) is 7.87. The van der Waals surface area contributed by atoms with Crippen LogP contribution >= 0.6 is 0 Å². The minimum atomic E-state index is -0.931. The first-order chi connectivity index (χ1) is 8.34. The average molecular weight is 257 g/mol. The summed E-state index contributed by atoms with van der Waals surface area (Å²) in [4.78, 5) is 22.6. The Morgan fingerprint density at radius 1 is 1.56 bits per heavy atom. The molecule has 0 fully saturated rings. The molecule has 0 saturated carbocycles. The topological polar surface area (TPSA) is 75.6 Å². The lowest BCUT2D eigenvalue weighted by atomic mass is 9.94. The molecular formula is C13H23NO4. The van der Waals surface area contributed by atoms with Crippen LogP contribution in [0.5, 0.6) is 0 Å². The molecule has 0 aromatic carbocycles. The number of carboxylic acids is 1. The predicted molar refractivity (Wildman–Crippen MR) is 69.3 cm³/mol. The fourth-order valence-corrected chi connectivity index (χ4v) is 1.39. The summed E-state index contributed by atoms with van der Waals surface area (Å²) in [6, 6.07) is 0. The zero-order valence-electron chi connectivity index (χ0n) is 11.4. The van der Waals surface area contributed by atoms with E-state index < -0.39 is 17.6 Å². The van der Waals surface area contributed by atoms with Gasteiger partial charge in [0.15, 0.2) is 0 Å². The van der Waals surface area contributed by atoms with Crippen LogP contribution in [0.3, 0.4) is 0 Å². The van der Waals surface area contributed by atoms with E-state index in [1.165, 1.54) is 0 Å². The van der Waals surface area contributed by atoms with E-state index in [2.05, 4.69) is 11.9 Å². The molecule has 0 radical (unpaired) electrons. The molecule has 0 aromatic rings. The highest BCUT2D eigenvalue weighted by Gasteiger charge is 2.29. The summed E-state index contributed by atoms with van der Waals surface area (Å²) in [6.07, 6.45) is 2.24. The van der Waals surface area contributed by atoms with Gasteiger partial charge in [-0.25, -0.2) is 0 Å². The van der Waals surface area contributed by atoms with Gasteiger partial charge in [-0.2, -0.15) is 0 Å². The maximum Gasteiger partial charge on any atom is 0.305 e. The molecule has 104 valence electrons. The number of aliphatic carboxylic acids is 1. The lowest BCUT2D eigenvalue weighted by Gasteiger charge is -2.29. The highest BCUT2D eigenvalue weighted by Crippen LogP contribution is 2.14. The maximum atomic E-state index is 11.8. The second-order valence-electron chi connectivity index (χ2n) is 4.56. The Hall–Kier alpha value is -1.36.